The monoisotopic (exact) mass is 798 g/mol. The van der Waals surface area contributed by atoms with Gasteiger partial charge in [-0.1, -0.05) is 53.9 Å². The zero-order chi connectivity index (χ0) is 40.3. The Kier molecular flexibility index (Phi) is 19.0. The summed E-state index contributed by atoms with van der Waals surface area (Å²) in [6.45, 7) is 12.7. The summed E-state index contributed by atoms with van der Waals surface area (Å²) in [7, 11) is 1.73. The zero-order valence-corrected chi connectivity index (χ0v) is 36.2. The third-order valence-electron chi connectivity index (χ3n) is 14.4. The normalized spacial score (nSPS) is 32.1. The molecule has 0 spiro atoms. The Bertz CT molecular complexity index is 1390. The van der Waals surface area contributed by atoms with Crippen molar-refractivity contribution in [1.29, 1.82) is 0 Å². The number of nitrogens with zero attached hydrogens (tertiary/aromatic N) is 1. The molecule has 0 aromatic heterocycles. The van der Waals surface area contributed by atoms with E-state index in [2.05, 4.69) is 49.6 Å². The van der Waals surface area contributed by atoms with Gasteiger partial charge in [-0.15, -0.1) is 24.1 Å². The minimum absolute atomic E-state index is 0. The molecule has 6 aliphatic rings. The fourth-order valence-corrected chi connectivity index (χ4v) is 12.5. The van der Waals surface area contributed by atoms with E-state index in [1.165, 1.54) is 81.9 Å². The number of nitrogens with one attached hydrogen (secondary N) is 3. The van der Waals surface area contributed by atoms with Gasteiger partial charge in [-0.05, 0) is 145 Å². The molecule has 0 bridgehead atoms. The Labute approximate surface area is 345 Å². The first kappa shape index (κ1) is 48.0. The van der Waals surface area contributed by atoms with Crippen LogP contribution >= 0.6 is 11.8 Å². The third-order valence-corrected chi connectivity index (χ3v) is 15.8. The van der Waals surface area contributed by atoms with Crippen molar-refractivity contribution < 1.29 is 19.2 Å². The van der Waals surface area contributed by atoms with Crippen molar-refractivity contribution >= 4 is 35.8 Å². The molecule has 56 heavy (non-hydrogen) atoms. The highest BCUT2D eigenvalue weighted by atomic mass is 32.2. The fraction of sp³-hybridized carbons (Fsp3) is 0.826. The van der Waals surface area contributed by atoms with Crippen molar-refractivity contribution in [2.24, 2.45) is 52.1 Å². The Morgan fingerprint density at radius 3 is 2.41 bits per heavy atom. The Hall–Kier alpha value is -2.35. The second kappa shape index (κ2) is 22.1. The fourth-order valence-electron chi connectivity index (χ4n) is 11.2. The van der Waals surface area contributed by atoms with E-state index >= 15 is 0 Å². The summed E-state index contributed by atoms with van der Waals surface area (Å²) < 4.78 is 0. The molecule has 0 aromatic rings. The van der Waals surface area contributed by atoms with Crippen LogP contribution < -0.4 is 21.7 Å². The maximum atomic E-state index is 12.6. The largest absolute Gasteiger partial charge is 0.335 e. The Morgan fingerprint density at radius 1 is 1.05 bits per heavy atom. The highest BCUT2D eigenvalue weighted by Gasteiger charge is 2.55. The summed E-state index contributed by atoms with van der Waals surface area (Å²) >= 11 is 1.63. The number of fused-ring (bicyclic) bond motifs is 6. The van der Waals surface area contributed by atoms with E-state index in [0.29, 0.717) is 23.3 Å². The smallest absolute Gasteiger partial charge is 0.269 e. The molecule has 0 radical (unpaired) electrons. The highest BCUT2D eigenvalue weighted by molar-refractivity contribution is 8.00. The predicted octanol–water partition coefficient (Wildman–Crippen LogP) is 8.18. The van der Waals surface area contributed by atoms with Gasteiger partial charge in [0, 0.05) is 30.6 Å². The van der Waals surface area contributed by atoms with Gasteiger partial charge in [-0.25, -0.2) is 0 Å². The van der Waals surface area contributed by atoms with Gasteiger partial charge in [-0.2, -0.15) is 0 Å². The van der Waals surface area contributed by atoms with Crippen LogP contribution in [-0.4, -0.2) is 65.8 Å². The number of carbonyl (C=O) groups excluding carboxylic acids is 4. The summed E-state index contributed by atoms with van der Waals surface area (Å²) in [4.78, 5) is 48.4. The van der Waals surface area contributed by atoms with Gasteiger partial charge in [0.2, 0.25) is 11.8 Å². The molecule has 1 saturated heterocycles. The molecule has 5 N–H and O–H groups in total. The Morgan fingerprint density at radius 2 is 1.77 bits per heavy atom. The SMILES string of the molecule is C.C#CC(C)(C)CCCC.CC12CCCCC1CCC1C3CCC(CCCC=O)C3CCC12.CCC(=O)NC(CN)NC(=O)C1=C(C)CSC2C(NC)C(=O)N12. The van der Waals surface area contributed by atoms with Gasteiger partial charge < -0.3 is 26.5 Å². The van der Waals surface area contributed by atoms with Gasteiger partial charge in [0.1, 0.15) is 29.6 Å². The van der Waals surface area contributed by atoms with Crippen LogP contribution in [0.4, 0.5) is 0 Å². The van der Waals surface area contributed by atoms with E-state index in [4.69, 9.17) is 12.2 Å². The van der Waals surface area contributed by atoms with Crippen LogP contribution in [-0.2, 0) is 19.2 Å². The standard InChI is InChI=1S/C22H36O.C14H23N5O3S.C9H16.CH4/c1-22-14-4-2-7-17(22)9-11-20-19-10-8-16(6-3-5-15-23)18(19)12-13-21(20)22;1-4-9(20)17-8(5-15)18-12(21)11-7(2)6-23-14-10(16-3)13(22)19(11)14;1-5-7-8-9(3,4)6-2;/h15-21H,2-14H2,1H3;8,10,14,16H,4-6,15H2,1-3H3,(H,17,20)(H,18,21);2H,5,7-8H2,1,3-4H3;1H4. The number of nitrogens with two attached hydrogens (primary N) is 1. The number of aldehydes is 1. The first-order valence-corrected chi connectivity index (χ1v) is 22.9. The van der Waals surface area contributed by atoms with Crippen molar-refractivity contribution in [3.8, 4) is 12.3 Å². The van der Waals surface area contributed by atoms with E-state index in [1.54, 1.807) is 32.2 Å². The molecule has 5 fully saturated rings. The summed E-state index contributed by atoms with van der Waals surface area (Å²) in [6.07, 6.45) is 28.1. The molecule has 9 nitrogen and oxygen atoms in total. The lowest BCUT2D eigenvalue weighted by atomic mass is 9.47. The molecule has 318 valence electrons. The number of hydrogen-bond donors (Lipinski definition) is 4. The number of likely N-dealkylation sites (N-methyl/N-ethyl adjacent to an activating group) is 1. The first-order valence-electron chi connectivity index (χ1n) is 21.8. The van der Waals surface area contributed by atoms with Crippen molar-refractivity contribution in [3.63, 3.8) is 0 Å². The molecule has 2 heterocycles. The number of carbonyl (C=O) groups is 4. The predicted molar refractivity (Wildman–Crippen MR) is 232 cm³/mol. The highest BCUT2D eigenvalue weighted by Crippen LogP contribution is 2.64. The maximum Gasteiger partial charge on any atom is 0.269 e. The molecular formula is C46H79N5O4S. The lowest BCUT2D eigenvalue weighted by Crippen LogP contribution is -2.70. The molecular weight excluding hydrogens is 719 g/mol. The van der Waals surface area contributed by atoms with Gasteiger partial charge in [-0.3, -0.25) is 19.3 Å². The first-order chi connectivity index (χ1) is 26.3. The van der Waals surface area contributed by atoms with Crippen molar-refractivity contribution in [2.75, 3.05) is 19.3 Å². The minimum atomic E-state index is -0.653. The number of thioether (sulfide) groups is 1. The van der Waals surface area contributed by atoms with E-state index in [9.17, 15) is 19.2 Å². The average molecular weight is 798 g/mol. The van der Waals surface area contributed by atoms with Crippen LogP contribution in [0, 0.1) is 58.7 Å². The van der Waals surface area contributed by atoms with E-state index < -0.39 is 6.17 Å². The topological polar surface area (TPSA) is 134 Å². The molecule has 3 amide bonds. The summed E-state index contributed by atoms with van der Waals surface area (Å²) in [5, 5.41) is 8.23. The number of hydrogen-bond acceptors (Lipinski definition) is 7. The summed E-state index contributed by atoms with van der Waals surface area (Å²) in [6, 6.07) is -0.263. The van der Waals surface area contributed by atoms with Crippen molar-refractivity contribution in [1.82, 2.24) is 20.9 Å². The van der Waals surface area contributed by atoms with Gasteiger partial charge in [0.15, 0.2) is 0 Å². The number of terminal acetylenes is 1. The lowest BCUT2D eigenvalue weighted by molar-refractivity contribution is -0.145. The van der Waals surface area contributed by atoms with E-state index in [1.807, 2.05) is 6.92 Å². The third kappa shape index (κ3) is 11.2. The second-order valence-electron chi connectivity index (χ2n) is 18.3. The van der Waals surface area contributed by atoms with Crippen LogP contribution in [0.25, 0.3) is 0 Å². The molecule has 10 atom stereocenters. The second-order valence-corrected chi connectivity index (χ2v) is 19.4. The number of amides is 3. The van der Waals surface area contributed by atoms with E-state index in [0.717, 1.165) is 66.6 Å². The molecule has 2 aliphatic heterocycles. The molecule has 4 aliphatic carbocycles. The maximum absolute atomic E-state index is 12.6. The minimum Gasteiger partial charge on any atom is -0.335 e. The number of unbranched alkanes of at least 4 members (excludes halogenated alkanes) is 2. The molecule has 0 aromatic carbocycles. The molecule has 10 heteroatoms. The van der Waals surface area contributed by atoms with Crippen molar-refractivity contribution in [2.45, 2.75) is 176 Å². The van der Waals surface area contributed by atoms with E-state index in [-0.39, 0.29) is 48.5 Å². The molecule has 4 saturated carbocycles. The van der Waals surface area contributed by atoms with Crippen LogP contribution in [0.2, 0.25) is 0 Å². The lowest BCUT2D eigenvalue weighted by Gasteiger charge is -2.58. The van der Waals surface area contributed by atoms with Crippen LogP contribution in [0.1, 0.15) is 158 Å². The summed E-state index contributed by atoms with van der Waals surface area (Å²) in [5.41, 5.74) is 7.62. The average Bonchev–Trinajstić information content (AvgIpc) is 3.60. The zero-order valence-electron chi connectivity index (χ0n) is 35.4. The number of rotatable bonds is 13. The quantitative estimate of drug-likeness (QED) is 0.0486. The van der Waals surface area contributed by atoms with Gasteiger partial charge >= 0.3 is 0 Å². The summed E-state index contributed by atoms with van der Waals surface area (Å²) in [5.74, 6) is 8.96. The van der Waals surface area contributed by atoms with Crippen LogP contribution in [0.15, 0.2) is 11.3 Å². The van der Waals surface area contributed by atoms with Gasteiger partial charge in [0.25, 0.3) is 5.91 Å². The molecule has 10 unspecified atom stereocenters. The van der Waals surface area contributed by atoms with Crippen LogP contribution in [0.3, 0.4) is 0 Å². The number of β-lactam (4-membered cyclic amide) rings is 1. The van der Waals surface area contributed by atoms with Gasteiger partial charge in [0.05, 0.1) is 0 Å². The van der Waals surface area contributed by atoms with Crippen LogP contribution in [0.5, 0.6) is 0 Å². The Balaban J connectivity index is 0.000000244. The van der Waals surface area contributed by atoms with Crippen molar-refractivity contribution in [3.05, 3.63) is 11.3 Å². The molecule has 6 rings (SSSR count).